The second-order valence-electron chi connectivity index (χ2n) is 13.4. The summed E-state index contributed by atoms with van der Waals surface area (Å²) in [7, 11) is 0. The molecule has 11 atom stereocenters. The first-order valence-electron chi connectivity index (χ1n) is 18.0. The highest BCUT2D eigenvalue weighted by molar-refractivity contribution is 4.73. The summed E-state index contributed by atoms with van der Waals surface area (Å²) in [5.74, 6) is 0. The summed E-state index contributed by atoms with van der Waals surface area (Å²) >= 11 is 0. The van der Waals surface area contributed by atoms with Crippen molar-refractivity contribution in [2.24, 2.45) is 0 Å². The zero-order valence-corrected chi connectivity index (χ0v) is 29.4. The van der Waals surface area contributed by atoms with Crippen LogP contribution >= 0.6 is 0 Å². The van der Waals surface area contributed by atoms with Crippen LogP contribution in [-0.2, 0) is 71.1 Å². The lowest BCUT2D eigenvalue weighted by Crippen LogP contribution is -2.34. The van der Waals surface area contributed by atoms with Crippen molar-refractivity contribution in [1.29, 1.82) is 0 Å². The first-order chi connectivity index (χ1) is 25.0. The largest absolute Gasteiger partial charge is 0.388 e. The number of aliphatic hydroxyl groups excluding tert-OH is 3. The summed E-state index contributed by atoms with van der Waals surface area (Å²) in [4.78, 5) is 0. The summed E-state index contributed by atoms with van der Waals surface area (Å²) in [5.41, 5.74) is 0. The van der Waals surface area contributed by atoms with E-state index in [1.165, 1.54) is 0 Å². The van der Waals surface area contributed by atoms with E-state index in [1.807, 2.05) is 0 Å². The molecule has 0 bridgehead atoms. The normalized spacial score (nSPS) is 28.2. The molecule has 11 unspecified atom stereocenters. The third-order valence-electron chi connectivity index (χ3n) is 7.86. The molecule has 0 saturated carbocycles. The van der Waals surface area contributed by atoms with Crippen LogP contribution < -0.4 is 0 Å². The van der Waals surface area contributed by atoms with Gasteiger partial charge in [-0.2, -0.15) is 0 Å². The van der Waals surface area contributed by atoms with Crippen LogP contribution in [0.5, 0.6) is 0 Å². The number of ether oxygens (including phenoxy) is 15. The van der Waals surface area contributed by atoms with Crippen molar-refractivity contribution in [3.05, 3.63) is 0 Å². The van der Waals surface area contributed by atoms with Gasteiger partial charge in [-0.05, 0) is 0 Å². The van der Waals surface area contributed by atoms with Gasteiger partial charge in [0.05, 0.1) is 145 Å². The second-order valence-corrected chi connectivity index (χ2v) is 13.4. The topological polar surface area (TPSA) is 216 Å². The van der Waals surface area contributed by atoms with Crippen LogP contribution in [0, 0.1) is 0 Å². The third kappa shape index (κ3) is 21.7. The van der Waals surface area contributed by atoms with Crippen molar-refractivity contribution >= 4 is 0 Å². The van der Waals surface area contributed by atoms with Gasteiger partial charge in [-0.25, -0.2) is 0 Å². The Kier molecular flexibility index (Phi) is 19.4. The smallest absolute Gasteiger partial charge is 0.104 e. The molecule has 5 fully saturated rings. The Bertz CT molecular complexity index is 886. The Balaban J connectivity index is 0.895. The average molecular weight is 743 g/mol. The fourth-order valence-electron chi connectivity index (χ4n) is 4.47. The lowest BCUT2D eigenvalue weighted by molar-refractivity contribution is -0.108. The highest BCUT2D eigenvalue weighted by atomic mass is 16.6. The fourth-order valence-corrected chi connectivity index (χ4v) is 4.47. The Morgan fingerprint density at radius 2 is 0.549 bits per heavy atom. The van der Waals surface area contributed by atoms with E-state index in [-0.39, 0.29) is 109 Å². The molecule has 51 heavy (non-hydrogen) atoms. The van der Waals surface area contributed by atoms with E-state index < -0.39 is 30.5 Å². The van der Waals surface area contributed by atoms with Crippen molar-refractivity contribution < 1.29 is 86.4 Å². The number of hydrogen-bond donors (Lipinski definition) is 3. The number of hydrogen-bond acceptors (Lipinski definition) is 18. The molecule has 0 radical (unpaired) electrons. The average Bonchev–Trinajstić information content (AvgIpc) is 3.91. The van der Waals surface area contributed by atoms with Crippen LogP contribution in [0.15, 0.2) is 0 Å². The summed E-state index contributed by atoms with van der Waals surface area (Å²) in [5, 5.41) is 30.9. The summed E-state index contributed by atoms with van der Waals surface area (Å²) < 4.78 is 82.9. The molecule has 5 aliphatic heterocycles. The minimum atomic E-state index is -0.892. The molecule has 3 N–H and O–H groups in total. The minimum absolute atomic E-state index is 0.0137. The molecular formula is C33H58O18. The first kappa shape index (κ1) is 41.4. The van der Waals surface area contributed by atoms with Crippen LogP contribution in [0.3, 0.4) is 0 Å². The maximum atomic E-state index is 10.4. The van der Waals surface area contributed by atoms with E-state index in [0.717, 1.165) is 6.61 Å². The van der Waals surface area contributed by atoms with Gasteiger partial charge in [0.15, 0.2) is 0 Å². The van der Waals surface area contributed by atoms with Crippen molar-refractivity contribution in [3.63, 3.8) is 0 Å². The molecule has 0 amide bonds. The molecule has 0 spiro atoms. The van der Waals surface area contributed by atoms with E-state index in [0.29, 0.717) is 66.1 Å². The van der Waals surface area contributed by atoms with Crippen molar-refractivity contribution in [3.8, 4) is 0 Å². The first-order valence-corrected chi connectivity index (χ1v) is 18.0. The van der Waals surface area contributed by atoms with Crippen molar-refractivity contribution in [1.82, 2.24) is 0 Å². The summed E-state index contributed by atoms with van der Waals surface area (Å²) in [6, 6.07) is 0. The van der Waals surface area contributed by atoms with Crippen LogP contribution in [-0.4, -0.2) is 228 Å². The fraction of sp³-hybridized carbons (Fsp3) is 1.00. The van der Waals surface area contributed by atoms with E-state index in [1.54, 1.807) is 0 Å². The van der Waals surface area contributed by atoms with Gasteiger partial charge in [0.25, 0.3) is 0 Å². The monoisotopic (exact) mass is 742 g/mol. The van der Waals surface area contributed by atoms with Crippen LogP contribution in [0.25, 0.3) is 0 Å². The molecule has 5 aliphatic rings. The number of epoxide rings is 5. The van der Waals surface area contributed by atoms with Crippen molar-refractivity contribution in [2.45, 2.75) is 67.1 Å². The molecular weight excluding hydrogens is 684 g/mol. The van der Waals surface area contributed by atoms with E-state index >= 15 is 0 Å². The molecule has 298 valence electrons. The second kappa shape index (κ2) is 23.9. The van der Waals surface area contributed by atoms with Gasteiger partial charge < -0.3 is 86.4 Å². The van der Waals surface area contributed by atoms with Crippen LogP contribution in [0.2, 0.25) is 0 Å². The minimum Gasteiger partial charge on any atom is -0.388 e. The Morgan fingerprint density at radius 1 is 0.333 bits per heavy atom. The molecule has 0 aromatic rings. The zero-order valence-electron chi connectivity index (χ0n) is 29.4. The van der Waals surface area contributed by atoms with Gasteiger partial charge in [-0.15, -0.1) is 0 Å². The predicted molar refractivity (Wildman–Crippen MR) is 172 cm³/mol. The van der Waals surface area contributed by atoms with Gasteiger partial charge in [-0.1, -0.05) is 0 Å². The summed E-state index contributed by atoms with van der Waals surface area (Å²) in [6.07, 6.45) is -3.08. The van der Waals surface area contributed by atoms with Gasteiger partial charge in [0, 0.05) is 0 Å². The molecule has 0 aliphatic carbocycles. The number of rotatable bonds is 37. The number of aliphatic hydroxyl groups is 3. The lowest BCUT2D eigenvalue weighted by atomic mass is 10.3. The SMILES string of the molecule is OC(COCC(COCC(O)COCC(COCC1CO1)OCC1CO1)OCC1CO1)COCC(COCC(O)COCC1CO1)OCC1CO1. The van der Waals surface area contributed by atoms with E-state index in [9.17, 15) is 15.3 Å². The van der Waals surface area contributed by atoms with Gasteiger partial charge in [0.1, 0.15) is 67.1 Å². The lowest BCUT2D eigenvalue weighted by Gasteiger charge is -2.22. The highest BCUT2D eigenvalue weighted by Gasteiger charge is 2.28. The zero-order chi connectivity index (χ0) is 35.5. The van der Waals surface area contributed by atoms with Gasteiger partial charge in [-0.3, -0.25) is 0 Å². The maximum Gasteiger partial charge on any atom is 0.104 e. The summed E-state index contributed by atoms with van der Waals surface area (Å²) in [6.45, 7) is 7.40. The van der Waals surface area contributed by atoms with Crippen LogP contribution in [0.4, 0.5) is 0 Å². The highest BCUT2D eigenvalue weighted by Crippen LogP contribution is 2.14. The molecule has 18 nitrogen and oxygen atoms in total. The molecule has 0 aromatic heterocycles. The maximum absolute atomic E-state index is 10.4. The van der Waals surface area contributed by atoms with Crippen LogP contribution in [0.1, 0.15) is 0 Å². The molecule has 5 rings (SSSR count). The van der Waals surface area contributed by atoms with E-state index in [2.05, 4.69) is 0 Å². The quantitative estimate of drug-likeness (QED) is 0.0554. The molecule has 5 saturated heterocycles. The third-order valence-corrected chi connectivity index (χ3v) is 7.86. The molecule has 0 aromatic carbocycles. The van der Waals surface area contributed by atoms with Gasteiger partial charge in [0.2, 0.25) is 0 Å². The molecule has 5 heterocycles. The Labute approximate surface area is 298 Å². The standard InChI is InChI=1S/C33H58O18/c34-23(2-38-9-27(45-18-32-21-50-32)10-40-5-25(36)6-42-13-29-15-47-29)1-37-7-26(44-17-31-20-49-31)8-39-3-24(35)4-41-11-28(46-19-33-22-51-33)12-43-14-30-16-48-30/h23-36H,1-22H2. The van der Waals surface area contributed by atoms with E-state index in [4.69, 9.17) is 71.1 Å². The molecule has 18 heteroatoms. The Morgan fingerprint density at radius 3 is 0.824 bits per heavy atom. The van der Waals surface area contributed by atoms with Gasteiger partial charge >= 0.3 is 0 Å². The Hall–Kier alpha value is -0.720. The van der Waals surface area contributed by atoms with Crippen molar-refractivity contribution in [2.75, 3.05) is 145 Å². The predicted octanol–water partition coefficient (Wildman–Crippen LogP) is -2.67.